The zero-order valence-electron chi connectivity index (χ0n) is 16.2. The average Bonchev–Trinajstić information content (AvgIpc) is 2.73. The summed E-state index contributed by atoms with van der Waals surface area (Å²) >= 11 is 0. The number of hydrogen-bond donors (Lipinski definition) is 0. The molecule has 3 rings (SSSR count). The van der Waals surface area contributed by atoms with E-state index in [2.05, 4.69) is 4.98 Å². The summed E-state index contributed by atoms with van der Waals surface area (Å²) in [4.78, 5) is 41.7. The number of anilines is 1. The monoisotopic (exact) mass is 407 g/mol. The number of esters is 1. The Bertz CT molecular complexity index is 1240. The maximum atomic E-state index is 12.6. The van der Waals surface area contributed by atoms with Crippen molar-refractivity contribution < 1.29 is 14.5 Å². The molecule has 0 fully saturated rings. The van der Waals surface area contributed by atoms with Crippen molar-refractivity contribution in [3.63, 3.8) is 0 Å². The Morgan fingerprint density at radius 3 is 2.70 bits per heavy atom. The lowest BCUT2D eigenvalue weighted by Gasteiger charge is -2.14. The average molecular weight is 407 g/mol. The fraction of sp³-hybridized carbons (Fsp3) is 0.200. The highest BCUT2D eigenvalue weighted by Gasteiger charge is 2.20. The molecule has 0 unspecified atom stereocenters. The number of fused-ring (bicyclic) bond motifs is 1. The number of nitro benzene ring substituents is 1. The van der Waals surface area contributed by atoms with Crippen LogP contribution in [0.4, 0.5) is 11.4 Å². The van der Waals surface area contributed by atoms with Crippen molar-refractivity contribution in [2.45, 2.75) is 13.2 Å². The summed E-state index contributed by atoms with van der Waals surface area (Å²) < 4.78 is 6.37. The van der Waals surface area contributed by atoms with E-state index in [9.17, 15) is 19.7 Å². The Kier molecular flexibility index (Phi) is 5.73. The first-order valence-electron chi connectivity index (χ1n) is 8.81. The van der Waals surface area contributed by atoms with Crippen LogP contribution in [-0.4, -0.2) is 34.5 Å². The molecule has 30 heavy (non-hydrogen) atoms. The fourth-order valence-electron chi connectivity index (χ4n) is 2.95. The van der Waals surface area contributed by atoms with Crippen molar-refractivity contribution in [3.8, 4) is 6.07 Å². The summed E-state index contributed by atoms with van der Waals surface area (Å²) in [7, 11) is 3.31. The predicted molar refractivity (Wildman–Crippen MR) is 108 cm³/mol. The Morgan fingerprint density at radius 2 is 2.03 bits per heavy atom. The van der Waals surface area contributed by atoms with Gasteiger partial charge in [0.15, 0.2) is 5.82 Å². The minimum absolute atomic E-state index is 0.0118. The minimum Gasteiger partial charge on any atom is -0.454 e. The standard InChI is InChI=1S/C20H17N5O5/c1-23(2)16-8-7-13(11-17(16)25(28)29)20(27)30-12-18-22-15-6-4-3-5-14(15)19(26)24(18)10-9-21/h3-8,11H,10,12H2,1-2H3. The molecule has 0 aliphatic carbocycles. The smallest absolute Gasteiger partial charge is 0.338 e. The molecule has 0 saturated heterocycles. The molecule has 0 bridgehead atoms. The van der Waals surface area contributed by atoms with Crippen LogP contribution in [0.1, 0.15) is 16.2 Å². The van der Waals surface area contributed by atoms with E-state index < -0.39 is 16.5 Å². The van der Waals surface area contributed by atoms with Crippen LogP contribution >= 0.6 is 0 Å². The Labute approximate surface area is 170 Å². The molecular formula is C20H17N5O5. The number of carbonyl (C=O) groups excluding carboxylic acids is 1. The number of rotatable bonds is 6. The molecule has 0 aliphatic heterocycles. The van der Waals surface area contributed by atoms with Gasteiger partial charge in [-0.1, -0.05) is 12.1 Å². The number of nitrogens with zero attached hydrogens (tertiary/aromatic N) is 5. The molecular weight excluding hydrogens is 390 g/mol. The second kappa shape index (κ2) is 8.40. The van der Waals surface area contributed by atoms with Gasteiger partial charge in [0.2, 0.25) is 0 Å². The number of hydrogen-bond acceptors (Lipinski definition) is 8. The van der Waals surface area contributed by atoms with Crippen LogP contribution in [0.5, 0.6) is 0 Å². The minimum atomic E-state index is -0.811. The van der Waals surface area contributed by atoms with E-state index in [1.165, 1.54) is 12.1 Å². The highest BCUT2D eigenvalue weighted by Crippen LogP contribution is 2.28. The molecule has 10 nitrogen and oxygen atoms in total. The second-order valence-electron chi connectivity index (χ2n) is 6.53. The molecule has 1 heterocycles. The molecule has 0 radical (unpaired) electrons. The third kappa shape index (κ3) is 3.95. The zero-order valence-corrected chi connectivity index (χ0v) is 16.2. The Hall–Kier alpha value is -4.26. The zero-order chi connectivity index (χ0) is 21.8. The van der Waals surface area contributed by atoms with E-state index in [-0.39, 0.29) is 30.2 Å². The van der Waals surface area contributed by atoms with Gasteiger partial charge in [-0.05, 0) is 24.3 Å². The van der Waals surface area contributed by atoms with Crippen molar-refractivity contribution >= 4 is 28.2 Å². The molecule has 0 atom stereocenters. The molecule has 152 valence electrons. The van der Waals surface area contributed by atoms with Gasteiger partial charge in [0.05, 0.1) is 27.5 Å². The number of ether oxygens (including phenoxy) is 1. The summed E-state index contributed by atoms with van der Waals surface area (Å²) in [6, 6.07) is 12.5. The van der Waals surface area contributed by atoms with E-state index in [1.807, 2.05) is 6.07 Å². The van der Waals surface area contributed by atoms with Gasteiger partial charge in [-0.25, -0.2) is 9.78 Å². The van der Waals surface area contributed by atoms with Crippen LogP contribution in [0.3, 0.4) is 0 Å². The van der Waals surface area contributed by atoms with Crippen LogP contribution in [0.25, 0.3) is 10.9 Å². The number of aromatic nitrogens is 2. The van der Waals surface area contributed by atoms with Gasteiger partial charge >= 0.3 is 5.97 Å². The lowest BCUT2D eigenvalue weighted by atomic mass is 10.1. The fourth-order valence-corrected chi connectivity index (χ4v) is 2.95. The van der Waals surface area contributed by atoms with Crippen molar-refractivity contribution in [2.24, 2.45) is 0 Å². The van der Waals surface area contributed by atoms with Crippen molar-refractivity contribution in [3.05, 3.63) is 74.3 Å². The van der Waals surface area contributed by atoms with E-state index in [0.29, 0.717) is 16.6 Å². The first kappa shape index (κ1) is 20.5. The van der Waals surface area contributed by atoms with Gasteiger partial charge < -0.3 is 9.64 Å². The number of benzene rings is 2. The van der Waals surface area contributed by atoms with Crippen LogP contribution in [0.15, 0.2) is 47.3 Å². The van der Waals surface area contributed by atoms with Crippen molar-refractivity contribution in [1.82, 2.24) is 9.55 Å². The predicted octanol–water partition coefficient (Wildman–Crippen LogP) is 2.25. The van der Waals surface area contributed by atoms with Crippen molar-refractivity contribution in [2.75, 3.05) is 19.0 Å². The lowest BCUT2D eigenvalue weighted by molar-refractivity contribution is -0.384. The van der Waals surface area contributed by atoms with Crippen LogP contribution in [0, 0.1) is 21.4 Å². The van der Waals surface area contributed by atoms with Gasteiger partial charge in [0.25, 0.3) is 11.2 Å². The number of carbonyl (C=O) groups is 1. The third-order valence-electron chi connectivity index (χ3n) is 4.39. The molecule has 10 heteroatoms. The highest BCUT2D eigenvalue weighted by atomic mass is 16.6. The summed E-state index contributed by atoms with van der Waals surface area (Å²) in [6.45, 7) is -0.629. The third-order valence-corrected chi connectivity index (χ3v) is 4.39. The van der Waals surface area contributed by atoms with E-state index >= 15 is 0 Å². The van der Waals surface area contributed by atoms with Crippen molar-refractivity contribution in [1.29, 1.82) is 5.26 Å². The molecule has 2 aromatic carbocycles. The maximum absolute atomic E-state index is 12.6. The lowest BCUT2D eigenvalue weighted by Crippen LogP contribution is -2.26. The molecule has 0 saturated carbocycles. The SMILES string of the molecule is CN(C)c1ccc(C(=O)OCc2nc3ccccc3c(=O)n2CC#N)cc1[N+](=O)[O-]. The van der Waals surface area contributed by atoms with Gasteiger partial charge in [0.1, 0.15) is 18.8 Å². The molecule has 0 amide bonds. The maximum Gasteiger partial charge on any atom is 0.338 e. The molecule has 1 aromatic heterocycles. The van der Waals surface area contributed by atoms with E-state index in [4.69, 9.17) is 10.00 Å². The number of nitro groups is 1. The molecule has 0 N–H and O–H groups in total. The molecule has 0 spiro atoms. The van der Waals surface area contributed by atoms with Gasteiger partial charge in [-0.3, -0.25) is 19.5 Å². The summed E-state index contributed by atoms with van der Waals surface area (Å²) in [5.41, 5.74) is 0.0884. The topological polar surface area (TPSA) is 131 Å². The van der Waals surface area contributed by atoms with Gasteiger partial charge in [-0.2, -0.15) is 5.26 Å². The highest BCUT2D eigenvalue weighted by molar-refractivity contribution is 5.91. The largest absolute Gasteiger partial charge is 0.454 e. The quantitative estimate of drug-likeness (QED) is 0.345. The Balaban J connectivity index is 1.91. The second-order valence-corrected chi connectivity index (χ2v) is 6.53. The number of nitriles is 1. The van der Waals surface area contributed by atoms with Gasteiger partial charge in [0, 0.05) is 20.2 Å². The van der Waals surface area contributed by atoms with E-state index in [1.54, 1.807) is 43.3 Å². The van der Waals surface area contributed by atoms with Gasteiger partial charge in [-0.15, -0.1) is 0 Å². The first-order chi connectivity index (χ1) is 14.3. The normalized spacial score (nSPS) is 10.4. The summed E-state index contributed by atoms with van der Waals surface area (Å²) in [5.74, 6) is -0.706. The van der Waals surface area contributed by atoms with Crippen LogP contribution in [-0.2, 0) is 17.9 Å². The molecule has 0 aliphatic rings. The number of para-hydroxylation sites is 1. The first-order valence-corrected chi connectivity index (χ1v) is 8.81. The van der Waals surface area contributed by atoms with Crippen LogP contribution < -0.4 is 10.5 Å². The Morgan fingerprint density at radius 1 is 1.30 bits per heavy atom. The summed E-state index contributed by atoms with van der Waals surface area (Å²) in [5, 5.41) is 20.7. The summed E-state index contributed by atoms with van der Waals surface area (Å²) in [6.07, 6.45) is 0. The van der Waals surface area contributed by atoms with Crippen LogP contribution in [0.2, 0.25) is 0 Å². The molecule has 3 aromatic rings. The van der Waals surface area contributed by atoms with E-state index in [0.717, 1.165) is 10.6 Å².